The van der Waals surface area contributed by atoms with Crippen LogP contribution in [-0.2, 0) is 32.3 Å². The molecule has 2 rings (SSSR count). The maximum atomic E-state index is 12.8. The zero-order valence-corrected chi connectivity index (χ0v) is 18.1. The van der Waals surface area contributed by atoms with Gasteiger partial charge in [0.05, 0.1) is 0 Å². The summed E-state index contributed by atoms with van der Waals surface area (Å²) >= 11 is 0. The molecule has 0 saturated carbocycles. The molecule has 0 aromatic heterocycles. The summed E-state index contributed by atoms with van der Waals surface area (Å²) in [6, 6.07) is 18.8. The number of rotatable bonds is 13. The van der Waals surface area contributed by atoms with Gasteiger partial charge in [-0.1, -0.05) is 60.7 Å². The van der Waals surface area contributed by atoms with Gasteiger partial charge in [0.1, 0.15) is 0 Å². The van der Waals surface area contributed by atoms with Crippen LogP contribution in [0, 0.1) is 0 Å². The van der Waals surface area contributed by atoms with Gasteiger partial charge in [0.25, 0.3) is 0 Å². The van der Waals surface area contributed by atoms with Crippen LogP contribution < -0.4 is 11.5 Å². The van der Waals surface area contributed by atoms with Crippen molar-refractivity contribution in [2.24, 2.45) is 11.5 Å². The first-order valence-corrected chi connectivity index (χ1v) is 10.5. The number of hydrogen-bond acceptors (Lipinski definition) is 4. The largest absolute Gasteiger partial charge is 0.370 e. The number of hydrogen-bond donors (Lipinski definition) is 2. The molecule has 0 saturated heterocycles. The Kier molecular flexibility index (Phi) is 9.90. The number of benzene rings is 2. The van der Waals surface area contributed by atoms with Gasteiger partial charge in [0.15, 0.2) is 0 Å². The van der Waals surface area contributed by atoms with E-state index in [1.807, 2.05) is 60.7 Å². The second-order valence-electron chi connectivity index (χ2n) is 7.53. The molecule has 0 aliphatic heterocycles. The zero-order chi connectivity index (χ0) is 23.3. The van der Waals surface area contributed by atoms with Crippen molar-refractivity contribution in [3.8, 4) is 0 Å². The summed E-state index contributed by atoms with van der Waals surface area (Å²) in [6.45, 7) is 1.03. The predicted molar refractivity (Wildman–Crippen MR) is 121 cm³/mol. The molecule has 0 aliphatic rings. The third-order valence-corrected chi connectivity index (χ3v) is 4.95. The van der Waals surface area contributed by atoms with Crippen molar-refractivity contribution in [1.82, 2.24) is 9.80 Å². The highest BCUT2D eigenvalue weighted by atomic mass is 16.2. The predicted octanol–water partition coefficient (Wildman–Crippen LogP) is 1.57. The molecule has 8 nitrogen and oxygen atoms in total. The van der Waals surface area contributed by atoms with Crippen LogP contribution in [0.3, 0.4) is 0 Å². The molecule has 2 aromatic rings. The molecule has 0 aliphatic carbocycles. The van der Waals surface area contributed by atoms with Gasteiger partial charge in [-0.15, -0.1) is 0 Å². The third kappa shape index (κ3) is 8.99. The highest BCUT2D eigenvalue weighted by molar-refractivity contribution is 5.84. The average Bonchev–Trinajstić information content (AvgIpc) is 2.78. The van der Waals surface area contributed by atoms with Gasteiger partial charge in [-0.25, -0.2) is 0 Å². The van der Waals surface area contributed by atoms with Crippen LogP contribution in [0.15, 0.2) is 60.7 Å². The lowest BCUT2D eigenvalue weighted by molar-refractivity contribution is -0.138. The minimum Gasteiger partial charge on any atom is -0.370 e. The Hall–Kier alpha value is -3.68. The first kappa shape index (κ1) is 24.6. The van der Waals surface area contributed by atoms with Crippen molar-refractivity contribution in [3.63, 3.8) is 0 Å². The van der Waals surface area contributed by atoms with E-state index in [9.17, 15) is 19.2 Å². The van der Waals surface area contributed by atoms with Crippen molar-refractivity contribution in [2.75, 3.05) is 13.1 Å². The number of nitrogens with two attached hydrogens (primary N) is 2. The van der Waals surface area contributed by atoms with E-state index in [0.717, 1.165) is 11.1 Å². The van der Waals surface area contributed by atoms with Crippen LogP contribution in [0.1, 0.15) is 36.8 Å². The van der Waals surface area contributed by atoms with Crippen LogP contribution in [0.5, 0.6) is 0 Å². The molecular formula is C24H30N4O4. The van der Waals surface area contributed by atoms with E-state index < -0.39 is 11.8 Å². The summed E-state index contributed by atoms with van der Waals surface area (Å²) < 4.78 is 0. The van der Waals surface area contributed by atoms with E-state index >= 15 is 0 Å². The fourth-order valence-corrected chi connectivity index (χ4v) is 3.21. The third-order valence-electron chi connectivity index (χ3n) is 4.95. The van der Waals surface area contributed by atoms with Crippen LogP contribution in [0.4, 0.5) is 0 Å². The second-order valence-corrected chi connectivity index (χ2v) is 7.53. The lowest BCUT2D eigenvalue weighted by Crippen LogP contribution is -2.36. The maximum absolute atomic E-state index is 12.8. The van der Waals surface area contributed by atoms with Gasteiger partial charge >= 0.3 is 0 Å². The maximum Gasteiger partial charge on any atom is 0.223 e. The van der Waals surface area contributed by atoms with Gasteiger partial charge in [-0.05, 0) is 11.1 Å². The van der Waals surface area contributed by atoms with Crippen LogP contribution in [0.25, 0.3) is 0 Å². The Bertz CT molecular complexity index is 827. The van der Waals surface area contributed by atoms with Gasteiger partial charge in [-0.2, -0.15) is 0 Å². The van der Waals surface area contributed by atoms with E-state index in [1.165, 1.54) is 9.80 Å². The molecule has 0 fully saturated rings. The molecule has 2 aromatic carbocycles. The number of carbonyl (C=O) groups is 4. The van der Waals surface area contributed by atoms with Gasteiger partial charge in [0.2, 0.25) is 23.6 Å². The zero-order valence-electron chi connectivity index (χ0n) is 18.1. The quantitative estimate of drug-likeness (QED) is 0.492. The van der Waals surface area contributed by atoms with E-state index in [1.54, 1.807) is 0 Å². The first-order valence-electron chi connectivity index (χ1n) is 10.5. The number of nitrogens with zero attached hydrogens (tertiary/aromatic N) is 2. The molecule has 0 atom stereocenters. The fraction of sp³-hybridized carbons (Fsp3) is 0.333. The Labute approximate surface area is 188 Å². The highest BCUT2D eigenvalue weighted by Gasteiger charge is 2.20. The molecule has 4 N–H and O–H groups in total. The highest BCUT2D eigenvalue weighted by Crippen LogP contribution is 2.11. The Balaban J connectivity index is 2.00. The van der Waals surface area contributed by atoms with Crippen LogP contribution in [0.2, 0.25) is 0 Å². The lowest BCUT2D eigenvalue weighted by atomic mass is 10.1. The van der Waals surface area contributed by atoms with Crippen molar-refractivity contribution in [3.05, 3.63) is 71.8 Å². The summed E-state index contributed by atoms with van der Waals surface area (Å²) in [4.78, 5) is 51.2. The minimum atomic E-state index is -0.493. The second kappa shape index (κ2) is 12.9. The summed E-state index contributed by atoms with van der Waals surface area (Å²) in [7, 11) is 0. The minimum absolute atomic E-state index is 0.00765. The summed E-state index contributed by atoms with van der Waals surface area (Å²) in [5.74, 6) is -1.46. The molecule has 0 bridgehead atoms. The van der Waals surface area contributed by atoms with E-state index in [0.29, 0.717) is 13.1 Å². The normalized spacial score (nSPS) is 10.4. The first-order chi connectivity index (χ1) is 15.3. The standard InChI is InChI=1S/C24H30N4O4/c25-21(29)13-15-27(17-19-7-3-1-4-8-19)23(31)11-12-24(32)28(16-14-22(26)30)18-20-9-5-2-6-10-20/h1-10H,11-18H2,(H2,25,29)(H2,26,30). The van der Waals surface area contributed by atoms with Crippen molar-refractivity contribution >= 4 is 23.6 Å². The Morgan fingerprint density at radius 3 is 1.22 bits per heavy atom. The molecule has 8 heteroatoms. The summed E-state index contributed by atoms with van der Waals surface area (Å²) in [5, 5.41) is 0. The van der Waals surface area contributed by atoms with Crippen molar-refractivity contribution in [1.29, 1.82) is 0 Å². The molecule has 32 heavy (non-hydrogen) atoms. The topological polar surface area (TPSA) is 127 Å². The monoisotopic (exact) mass is 438 g/mol. The van der Waals surface area contributed by atoms with Gasteiger partial charge in [-0.3, -0.25) is 19.2 Å². The van der Waals surface area contributed by atoms with Crippen LogP contribution >= 0.6 is 0 Å². The van der Waals surface area contributed by atoms with E-state index in [2.05, 4.69) is 0 Å². The SMILES string of the molecule is NC(=O)CCN(Cc1ccccc1)C(=O)CCC(=O)N(CCC(N)=O)Cc1ccccc1. The molecule has 4 amide bonds. The molecule has 0 unspecified atom stereocenters. The number of carbonyl (C=O) groups excluding carboxylic acids is 4. The van der Waals surface area contributed by atoms with Gasteiger partial charge < -0.3 is 21.3 Å². The summed E-state index contributed by atoms with van der Waals surface area (Å²) in [5.41, 5.74) is 12.3. The molecule has 0 radical (unpaired) electrons. The molecule has 170 valence electrons. The summed E-state index contributed by atoms with van der Waals surface area (Å²) in [6.07, 6.45) is 0.0785. The lowest BCUT2D eigenvalue weighted by Gasteiger charge is -2.25. The number of primary amides is 2. The van der Waals surface area contributed by atoms with Crippen LogP contribution in [-0.4, -0.2) is 46.5 Å². The fourth-order valence-electron chi connectivity index (χ4n) is 3.21. The molecule has 0 heterocycles. The molecular weight excluding hydrogens is 408 g/mol. The molecule has 0 spiro atoms. The number of amides is 4. The average molecular weight is 439 g/mol. The Morgan fingerprint density at radius 1 is 0.562 bits per heavy atom. The Morgan fingerprint density at radius 2 is 0.906 bits per heavy atom. The van der Waals surface area contributed by atoms with Crippen molar-refractivity contribution < 1.29 is 19.2 Å². The van der Waals surface area contributed by atoms with E-state index in [4.69, 9.17) is 11.5 Å². The van der Waals surface area contributed by atoms with Gasteiger partial charge in [0, 0.05) is 51.9 Å². The smallest absolute Gasteiger partial charge is 0.223 e. The van der Waals surface area contributed by atoms with Crippen molar-refractivity contribution in [2.45, 2.75) is 38.8 Å². The van der Waals surface area contributed by atoms with E-state index in [-0.39, 0.29) is 50.6 Å².